The molecule has 0 heterocycles. The van der Waals surface area contributed by atoms with Crippen LogP contribution in [0.4, 0.5) is 13.2 Å². The van der Waals surface area contributed by atoms with Gasteiger partial charge in [0.25, 0.3) is 0 Å². The van der Waals surface area contributed by atoms with E-state index < -0.39 is 18.9 Å². The van der Waals surface area contributed by atoms with E-state index in [1.54, 1.807) is 6.92 Å². The molecule has 3 nitrogen and oxygen atoms in total. The zero-order valence-corrected chi connectivity index (χ0v) is 7.43. The van der Waals surface area contributed by atoms with Crippen molar-refractivity contribution in [2.45, 2.75) is 19.2 Å². The molecule has 1 atom stereocenters. The maximum absolute atomic E-state index is 11.6. The molecule has 1 unspecified atom stereocenters. The molecule has 0 saturated carbocycles. The molecule has 6 heteroatoms. The molecule has 0 aromatic heterocycles. The minimum atomic E-state index is -4.29. The van der Waals surface area contributed by atoms with Crippen molar-refractivity contribution in [2.24, 2.45) is 5.73 Å². The van der Waals surface area contributed by atoms with Gasteiger partial charge in [-0.05, 0) is 6.92 Å². The molecule has 0 rings (SSSR count). The Bertz CT molecular complexity index is 129. The first-order valence-electron chi connectivity index (χ1n) is 3.95. The van der Waals surface area contributed by atoms with Crippen LogP contribution in [0, 0.1) is 0 Å². The van der Waals surface area contributed by atoms with Gasteiger partial charge >= 0.3 is 6.18 Å². The number of alkyl halides is 3. The first-order chi connectivity index (χ1) is 5.99. The largest absolute Gasteiger partial charge is 0.411 e. The van der Waals surface area contributed by atoms with Crippen LogP contribution in [-0.2, 0) is 9.47 Å². The molecule has 0 saturated heterocycles. The van der Waals surface area contributed by atoms with Gasteiger partial charge in [-0.1, -0.05) is 0 Å². The second-order valence-corrected chi connectivity index (χ2v) is 2.44. The number of nitrogens with two attached hydrogens (primary N) is 1. The van der Waals surface area contributed by atoms with E-state index in [0.717, 1.165) is 0 Å². The summed E-state index contributed by atoms with van der Waals surface area (Å²) in [5.74, 6) is 0. The van der Waals surface area contributed by atoms with E-state index in [1.165, 1.54) is 0 Å². The second kappa shape index (κ2) is 6.17. The highest BCUT2D eigenvalue weighted by Gasteiger charge is 2.27. The minimum absolute atomic E-state index is 0.121. The summed E-state index contributed by atoms with van der Waals surface area (Å²) in [5, 5.41) is 0. The zero-order valence-electron chi connectivity index (χ0n) is 7.43. The quantitative estimate of drug-likeness (QED) is 0.695. The van der Waals surface area contributed by atoms with E-state index in [1.807, 2.05) is 0 Å². The average Bonchev–Trinajstić information content (AvgIpc) is 2.01. The van der Waals surface area contributed by atoms with E-state index in [9.17, 15) is 13.2 Å². The summed E-state index contributed by atoms with van der Waals surface area (Å²) in [6, 6.07) is 0. The standard InChI is InChI=1S/C7H14F3NO2/c1-2-13-6(3-11)4-12-5-7(8,9)10/h6H,2-5,11H2,1H3. The van der Waals surface area contributed by atoms with Crippen molar-refractivity contribution >= 4 is 0 Å². The molecule has 0 aromatic carbocycles. The maximum Gasteiger partial charge on any atom is 0.411 e. The zero-order chi connectivity index (χ0) is 10.3. The number of halogens is 3. The van der Waals surface area contributed by atoms with Gasteiger partial charge in [0.05, 0.1) is 12.7 Å². The molecule has 13 heavy (non-hydrogen) atoms. The van der Waals surface area contributed by atoms with Gasteiger partial charge in [0.15, 0.2) is 0 Å². The van der Waals surface area contributed by atoms with Crippen molar-refractivity contribution in [3.8, 4) is 0 Å². The van der Waals surface area contributed by atoms with E-state index in [2.05, 4.69) is 4.74 Å². The Morgan fingerprint density at radius 1 is 1.38 bits per heavy atom. The third kappa shape index (κ3) is 8.01. The molecule has 80 valence electrons. The van der Waals surface area contributed by atoms with E-state index >= 15 is 0 Å². The second-order valence-electron chi connectivity index (χ2n) is 2.44. The first kappa shape index (κ1) is 12.7. The summed E-state index contributed by atoms with van der Waals surface area (Å²) in [5.41, 5.74) is 5.22. The first-order valence-corrected chi connectivity index (χ1v) is 3.95. The van der Waals surface area contributed by atoms with Gasteiger partial charge in [-0.25, -0.2) is 0 Å². The van der Waals surface area contributed by atoms with Gasteiger partial charge in [0.2, 0.25) is 0 Å². The topological polar surface area (TPSA) is 44.5 Å². The number of rotatable bonds is 6. The Balaban J connectivity index is 3.49. The van der Waals surface area contributed by atoms with Crippen molar-refractivity contribution in [3.63, 3.8) is 0 Å². The summed E-state index contributed by atoms with van der Waals surface area (Å²) in [6.45, 7) is 0.940. The molecule has 0 aliphatic carbocycles. The number of hydrogen-bond acceptors (Lipinski definition) is 3. The molecule has 0 fully saturated rings. The third-order valence-corrected chi connectivity index (χ3v) is 1.23. The van der Waals surface area contributed by atoms with Gasteiger partial charge in [-0.3, -0.25) is 0 Å². The summed E-state index contributed by atoms with van der Waals surface area (Å²) >= 11 is 0. The smallest absolute Gasteiger partial charge is 0.375 e. The van der Waals surface area contributed by atoms with Crippen LogP contribution in [0.3, 0.4) is 0 Å². The van der Waals surface area contributed by atoms with Gasteiger partial charge < -0.3 is 15.2 Å². The van der Waals surface area contributed by atoms with Crippen LogP contribution < -0.4 is 5.73 Å². The van der Waals surface area contributed by atoms with E-state index in [4.69, 9.17) is 10.5 Å². The number of hydrogen-bond donors (Lipinski definition) is 1. The van der Waals surface area contributed by atoms with Crippen molar-refractivity contribution in [1.29, 1.82) is 0 Å². The Hall–Kier alpha value is -0.330. The van der Waals surface area contributed by atoms with Crippen molar-refractivity contribution < 1.29 is 22.6 Å². The van der Waals surface area contributed by atoms with Gasteiger partial charge in [0, 0.05) is 13.2 Å². The highest BCUT2D eigenvalue weighted by molar-refractivity contribution is 4.57. The molecule has 0 spiro atoms. The average molecular weight is 201 g/mol. The van der Waals surface area contributed by atoms with Gasteiger partial charge in [-0.2, -0.15) is 13.2 Å². The highest BCUT2D eigenvalue weighted by Crippen LogP contribution is 2.14. The Kier molecular flexibility index (Phi) is 6.02. The lowest BCUT2D eigenvalue weighted by Gasteiger charge is -2.15. The molecule has 0 aliphatic rings. The minimum Gasteiger partial charge on any atom is -0.375 e. The van der Waals surface area contributed by atoms with Crippen LogP contribution in [0.15, 0.2) is 0 Å². The normalized spacial score (nSPS) is 14.5. The van der Waals surface area contributed by atoms with Crippen LogP contribution >= 0.6 is 0 Å². The Morgan fingerprint density at radius 3 is 2.38 bits per heavy atom. The van der Waals surface area contributed by atoms with Crippen LogP contribution in [-0.4, -0.2) is 38.6 Å². The highest BCUT2D eigenvalue weighted by atomic mass is 19.4. The molecule has 0 aliphatic heterocycles. The predicted molar refractivity (Wildman–Crippen MR) is 41.3 cm³/mol. The lowest BCUT2D eigenvalue weighted by Crippen LogP contribution is -2.31. The fourth-order valence-electron chi connectivity index (χ4n) is 0.726. The predicted octanol–water partition coefficient (Wildman–Crippen LogP) is 0.929. The van der Waals surface area contributed by atoms with Crippen molar-refractivity contribution in [2.75, 3.05) is 26.4 Å². The lowest BCUT2D eigenvalue weighted by atomic mass is 10.4. The summed E-state index contributed by atoms with van der Waals surface area (Å²) < 4.78 is 44.2. The molecule has 2 N–H and O–H groups in total. The van der Waals surface area contributed by atoms with Crippen molar-refractivity contribution in [3.05, 3.63) is 0 Å². The Morgan fingerprint density at radius 2 is 2.00 bits per heavy atom. The lowest BCUT2D eigenvalue weighted by molar-refractivity contribution is -0.180. The van der Waals surface area contributed by atoms with Crippen molar-refractivity contribution in [1.82, 2.24) is 0 Å². The molecule has 0 bridgehead atoms. The summed E-state index contributed by atoms with van der Waals surface area (Å²) in [6.07, 6.45) is -4.74. The van der Waals surface area contributed by atoms with Crippen LogP contribution in [0.2, 0.25) is 0 Å². The maximum atomic E-state index is 11.6. The van der Waals surface area contributed by atoms with Gasteiger partial charge in [-0.15, -0.1) is 0 Å². The SMILES string of the molecule is CCOC(CN)COCC(F)(F)F. The van der Waals surface area contributed by atoms with Gasteiger partial charge in [0.1, 0.15) is 6.61 Å². The number of ether oxygens (including phenoxy) is 2. The van der Waals surface area contributed by atoms with Crippen LogP contribution in [0.25, 0.3) is 0 Å². The summed E-state index contributed by atoms with van der Waals surface area (Å²) in [7, 11) is 0. The summed E-state index contributed by atoms with van der Waals surface area (Å²) in [4.78, 5) is 0. The molecule has 0 amide bonds. The monoisotopic (exact) mass is 201 g/mol. The van der Waals surface area contributed by atoms with E-state index in [0.29, 0.717) is 6.61 Å². The molecular formula is C7H14F3NO2. The molecule has 0 radical (unpaired) electrons. The third-order valence-electron chi connectivity index (χ3n) is 1.23. The van der Waals surface area contributed by atoms with Crippen LogP contribution in [0.1, 0.15) is 6.92 Å². The molecule has 0 aromatic rings. The fourth-order valence-corrected chi connectivity index (χ4v) is 0.726. The Labute approximate surface area is 75.0 Å². The fraction of sp³-hybridized carbons (Fsp3) is 1.00. The van der Waals surface area contributed by atoms with Crippen LogP contribution in [0.5, 0.6) is 0 Å². The molecular weight excluding hydrogens is 187 g/mol. The van der Waals surface area contributed by atoms with E-state index in [-0.39, 0.29) is 13.2 Å².